The minimum absolute atomic E-state index is 0.126. The van der Waals surface area contributed by atoms with Crippen molar-refractivity contribution in [2.75, 3.05) is 12.3 Å². The Morgan fingerprint density at radius 1 is 1.17 bits per heavy atom. The molecule has 1 aromatic heterocycles. The number of nitrogens with zero attached hydrogens (tertiary/aromatic N) is 1. The van der Waals surface area contributed by atoms with Gasteiger partial charge in [0.05, 0.1) is 18.0 Å². The van der Waals surface area contributed by atoms with Crippen molar-refractivity contribution in [3.05, 3.63) is 47.8 Å². The van der Waals surface area contributed by atoms with Crippen molar-refractivity contribution in [2.24, 2.45) is 11.1 Å². The lowest BCUT2D eigenvalue weighted by molar-refractivity contribution is -0.298. The monoisotopic (exact) mass is 399 g/mol. The Bertz CT molecular complexity index is 930. The molecule has 2 heterocycles. The van der Waals surface area contributed by atoms with Gasteiger partial charge in [0.1, 0.15) is 6.10 Å². The van der Waals surface area contributed by atoms with Crippen molar-refractivity contribution in [2.45, 2.75) is 52.4 Å². The summed E-state index contributed by atoms with van der Waals surface area (Å²) in [6.07, 6.45) is 1.57. The maximum absolute atomic E-state index is 13.6. The normalized spacial score (nSPS) is 20.3. The molecule has 0 aliphatic carbocycles. The number of ketones is 1. The van der Waals surface area contributed by atoms with E-state index in [1.165, 1.54) is 0 Å². The minimum atomic E-state index is -0.852. The Balaban J connectivity index is 2.05. The molecule has 1 aliphatic heterocycles. The van der Waals surface area contributed by atoms with Crippen LogP contribution < -0.4 is 11.5 Å². The number of hydrogen-bond donors (Lipinski definition) is 2. The zero-order valence-corrected chi connectivity index (χ0v) is 17.4. The number of carbonyl (C=O) groups is 2. The first-order valence-corrected chi connectivity index (χ1v) is 9.71. The Morgan fingerprint density at radius 3 is 2.52 bits per heavy atom. The Hall–Kier alpha value is -2.64. The second-order valence-electron chi connectivity index (χ2n) is 8.61. The van der Waals surface area contributed by atoms with Gasteiger partial charge in [0.25, 0.3) is 0 Å². The molecule has 0 bridgehead atoms. The predicted molar refractivity (Wildman–Crippen MR) is 111 cm³/mol. The van der Waals surface area contributed by atoms with Gasteiger partial charge in [-0.2, -0.15) is 0 Å². The third kappa shape index (κ3) is 4.36. The molecule has 1 amide bonds. The third-order valence-corrected chi connectivity index (χ3v) is 5.20. The molecular weight excluding hydrogens is 370 g/mol. The van der Waals surface area contributed by atoms with E-state index in [1.807, 2.05) is 36.6 Å². The third-order valence-electron chi connectivity index (χ3n) is 5.20. The molecule has 1 aliphatic rings. The summed E-state index contributed by atoms with van der Waals surface area (Å²) < 4.78 is 13.6. The first-order valence-electron chi connectivity index (χ1n) is 9.71. The minimum Gasteiger partial charge on any atom is -0.397 e. The summed E-state index contributed by atoms with van der Waals surface area (Å²) >= 11 is 0. The number of anilines is 1. The molecule has 7 heteroatoms. The van der Waals surface area contributed by atoms with Crippen molar-refractivity contribution in [3.8, 4) is 5.69 Å². The highest BCUT2D eigenvalue weighted by molar-refractivity contribution is 6.01. The number of carbonyl (C=O) groups excluding carboxylic acids is 2. The van der Waals surface area contributed by atoms with Gasteiger partial charge in [0.2, 0.25) is 5.91 Å². The molecule has 0 saturated carbocycles. The van der Waals surface area contributed by atoms with Crippen LogP contribution in [0.15, 0.2) is 36.5 Å². The maximum atomic E-state index is 13.6. The van der Waals surface area contributed by atoms with Gasteiger partial charge in [-0.05, 0) is 38.5 Å². The largest absolute Gasteiger partial charge is 0.397 e. The quantitative estimate of drug-likeness (QED) is 0.573. The number of para-hydroxylation sites is 2. The summed E-state index contributed by atoms with van der Waals surface area (Å²) in [6.45, 7) is 7.89. The van der Waals surface area contributed by atoms with Gasteiger partial charge in [-0.15, -0.1) is 0 Å². The van der Waals surface area contributed by atoms with Crippen molar-refractivity contribution in [1.29, 1.82) is 0 Å². The Morgan fingerprint density at radius 2 is 1.86 bits per heavy atom. The zero-order chi connectivity index (χ0) is 21.4. The highest BCUT2D eigenvalue weighted by atomic mass is 16.7. The SMILES string of the molecule is CC1(C)OCC(C)(C)C(C(=O)c2ccn(-c3ccccc3N)c2CCC(N)=O)O1. The second-order valence-corrected chi connectivity index (χ2v) is 8.61. The molecule has 0 spiro atoms. The van der Waals surface area contributed by atoms with Crippen LogP contribution in [-0.4, -0.2) is 34.8 Å². The molecule has 1 saturated heterocycles. The van der Waals surface area contributed by atoms with E-state index in [0.29, 0.717) is 30.0 Å². The molecule has 0 radical (unpaired) electrons. The molecule has 1 aromatic carbocycles. The lowest BCUT2D eigenvalue weighted by atomic mass is 9.81. The standard InChI is InChI=1S/C22H29N3O4/c1-21(2)13-28-22(3,4)29-20(21)19(27)14-11-12-25(16(14)9-10-18(24)26)17-8-6-5-7-15(17)23/h5-8,11-12,20H,9-10,13,23H2,1-4H3,(H2,24,26). The van der Waals surface area contributed by atoms with Crippen LogP contribution in [0.25, 0.3) is 5.69 Å². The summed E-state index contributed by atoms with van der Waals surface area (Å²) in [4.78, 5) is 25.0. The van der Waals surface area contributed by atoms with Crippen molar-refractivity contribution in [3.63, 3.8) is 0 Å². The number of benzene rings is 1. The number of aromatic nitrogens is 1. The van der Waals surface area contributed by atoms with Crippen LogP contribution in [0, 0.1) is 5.41 Å². The van der Waals surface area contributed by atoms with Crippen LogP contribution in [0.4, 0.5) is 5.69 Å². The summed E-state index contributed by atoms with van der Waals surface area (Å²) in [5, 5.41) is 0. The molecule has 4 N–H and O–H groups in total. The predicted octanol–water partition coefficient (Wildman–Crippen LogP) is 2.84. The molecule has 1 atom stereocenters. The van der Waals surface area contributed by atoms with E-state index >= 15 is 0 Å². The van der Waals surface area contributed by atoms with Gasteiger partial charge in [0.15, 0.2) is 11.6 Å². The van der Waals surface area contributed by atoms with E-state index in [4.69, 9.17) is 20.9 Å². The fourth-order valence-electron chi connectivity index (χ4n) is 3.58. The summed E-state index contributed by atoms with van der Waals surface area (Å²) in [5.74, 6) is -1.42. The highest BCUT2D eigenvalue weighted by Gasteiger charge is 2.46. The molecule has 29 heavy (non-hydrogen) atoms. The fraction of sp³-hybridized carbons (Fsp3) is 0.455. The van der Waals surface area contributed by atoms with Crippen molar-refractivity contribution < 1.29 is 19.1 Å². The molecular formula is C22H29N3O4. The van der Waals surface area contributed by atoms with Crippen LogP contribution in [0.1, 0.15) is 50.2 Å². The van der Waals surface area contributed by atoms with Crippen LogP contribution >= 0.6 is 0 Å². The lowest BCUT2D eigenvalue weighted by Gasteiger charge is -2.45. The number of Topliss-reactive ketones (excluding diaryl/α,β-unsaturated/α-hetero) is 1. The van der Waals surface area contributed by atoms with Gasteiger partial charge < -0.3 is 25.5 Å². The first-order chi connectivity index (χ1) is 13.5. The number of primary amides is 1. The van der Waals surface area contributed by atoms with Crippen molar-refractivity contribution in [1.82, 2.24) is 4.57 Å². The average molecular weight is 399 g/mol. The van der Waals surface area contributed by atoms with Gasteiger partial charge in [-0.25, -0.2) is 0 Å². The van der Waals surface area contributed by atoms with Gasteiger partial charge in [-0.3, -0.25) is 9.59 Å². The van der Waals surface area contributed by atoms with Crippen molar-refractivity contribution >= 4 is 17.4 Å². The summed E-state index contributed by atoms with van der Waals surface area (Å²) in [7, 11) is 0. The van der Waals surface area contributed by atoms with Crippen LogP contribution in [0.5, 0.6) is 0 Å². The zero-order valence-electron chi connectivity index (χ0n) is 17.4. The van der Waals surface area contributed by atoms with E-state index in [-0.39, 0.29) is 12.2 Å². The van der Waals surface area contributed by atoms with Crippen LogP contribution in [-0.2, 0) is 20.7 Å². The number of nitrogen functional groups attached to an aromatic ring is 1. The molecule has 2 aromatic rings. The van der Waals surface area contributed by atoms with Gasteiger partial charge >= 0.3 is 0 Å². The Labute approximate surface area is 171 Å². The van der Waals surface area contributed by atoms with Crippen LogP contribution in [0.2, 0.25) is 0 Å². The van der Waals surface area contributed by atoms with Crippen LogP contribution in [0.3, 0.4) is 0 Å². The molecule has 3 rings (SSSR count). The fourth-order valence-corrected chi connectivity index (χ4v) is 3.58. The average Bonchev–Trinajstić information content (AvgIpc) is 3.06. The van der Waals surface area contributed by atoms with E-state index < -0.39 is 23.2 Å². The highest BCUT2D eigenvalue weighted by Crippen LogP contribution is 2.37. The van der Waals surface area contributed by atoms with Gasteiger partial charge in [-0.1, -0.05) is 26.0 Å². The molecule has 156 valence electrons. The number of amides is 1. The lowest BCUT2D eigenvalue weighted by Crippen LogP contribution is -2.53. The van der Waals surface area contributed by atoms with E-state index in [0.717, 1.165) is 5.69 Å². The summed E-state index contributed by atoms with van der Waals surface area (Å²) in [5.41, 5.74) is 13.5. The van der Waals surface area contributed by atoms with E-state index in [1.54, 1.807) is 32.2 Å². The number of nitrogens with two attached hydrogens (primary N) is 2. The number of hydrogen-bond acceptors (Lipinski definition) is 5. The number of ether oxygens (including phenoxy) is 2. The molecule has 1 fully saturated rings. The van der Waals surface area contributed by atoms with E-state index in [9.17, 15) is 9.59 Å². The summed E-state index contributed by atoms with van der Waals surface area (Å²) in [6, 6.07) is 9.14. The second kappa shape index (κ2) is 7.65. The first kappa shape index (κ1) is 21.1. The Kier molecular flexibility index (Phi) is 5.56. The maximum Gasteiger partial charge on any atom is 0.217 e. The molecule has 1 unspecified atom stereocenters. The van der Waals surface area contributed by atoms with E-state index in [2.05, 4.69) is 0 Å². The van der Waals surface area contributed by atoms with Gasteiger partial charge in [0, 0.05) is 29.3 Å². The topological polar surface area (TPSA) is 110 Å². The smallest absolute Gasteiger partial charge is 0.217 e. The number of rotatable bonds is 6. The molecule has 7 nitrogen and oxygen atoms in total.